The monoisotopic (exact) mass is 247 g/mol. The highest BCUT2D eigenvalue weighted by atomic mass is 16.2. The first-order valence-electron chi connectivity index (χ1n) is 6.35. The summed E-state index contributed by atoms with van der Waals surface area (Å²) in [6.07, 6.45) is 0. The van der Waals surface area contributed by atoms with E-state index in [0.29, 0.717) is 0 Å². The molecule has 4 nitrogen and oxygen atoms in total. The fraction of sp³-hybridized carbons (Fsp3) is 0.500. The van der Waals surface area contributed by atoms with Crippen LogP contribution in [0.15, 0.2) is 24.3 Å². The molecule has 0 bridgehead atoms. The molecule has 1 aliphatic heterocycles. The van der Waals surface area contributed by atoms with Gasteiger partial charge in [0.1, 0.15) is 0 Å². The van der Waals surface area contributed by atoms with E-state index in [9.17, 15) is 4.79 Å². The van der Waals surface area contributed by atoms with Gasteiger partial charge in [-0.05, 0) is 32.6 Å². The summed E-state index contributed by atoms with van der Waals surface area (Å²) >= 11 is 0. The lowest BCUT2D eigenvalue weighted by Gasteiger charge is -2.26. The first kappa shape index (κ1) is 13.1. The van der Waals surface area contributed by atoms with E-state index in [0.717, 1.165) is 25.3 Å². The highest BCUT2D eigenvalue weighted by molar-refractivity contribution is 5.95. The van der Waals surface area contributed by atoms with Crippen molar-refractivity contribution in [2.24, 2.45) is 0 Å². The number of para-hydroxylation sites is 1. The van der Waals surface area contributed by atoms with E-state index in [2.05, 4.69) is 35.3 Å². The quantitative estimate of drug-likeness (QED) is 0.877. The SMILES string of the molecule is C[C@H]1C(=O)Nc2ccccc2CN1CCN(C)C. The van der Waals surface area contributed by atoms with Crippen molar-refractivity contribution in [3.05, 3.63) is 29.8 Å². The third-order valence-corrected chi connectivity index (χ3v) is 3.41. The number of likely N-dealkylation sites (N-methyl/N-ethyl adjacent to an activating group) is 1. The van der Waals surface area contributed by atoms with Gasteiger partial charge in [-0.3, -0.25) is 9.69 Å². The maximum absolute atomic E-state index is 12.1. The molecule has 0 fully saturated rings. The average molecular weight is 247 g/mol. The Morgan fingerprint density at radius 2 is 2.11 bits per heavy atom. The Morgan fingerprint density at radius 1 is 1.39 bits per heavy atom. The standard InChI is InChI=1S/C14H21N3O/c1-11-14(18)15-13-7-5-4-6-12(13)10-17(11)9-8-16(2)3/h4-7,11H,8-10H2,1-3H3,(H,15,18)/t11-/m0/s1. The van der Waals surface area contributed by atoms with Gasteiger partial charge in [0.15, 0.2) is 0 Å². The number of carbonyl (C=O) groups excluding carboxylic acids is 1. The number of anilines is 1. The van der Waals surface area contributed by atoms with Crippen molar-refractivity contribution in [2.75, 3.05) is 32.5 Å². The number of hydrogen-bond acceptors (Lipinski definition) is 3. The van der Waals surface area contributed by atoms with Gasteiger partial charge in [0.25, 0.3) is 0 Å². The number of benzene rings is 1. The Labute approximate surface area is 109 Å². The Hall–Kier alpha value is -1.39. The number of fused-ring (bicyclic) bond motifs is 1. The molecule has 4 heteroatoms. The molecule has 0 radical (unpaired) electrons. The third kappa shape index (κ3) is 2.89. The highest BCUT2D eigenvalue weighted by Gasteiger charge is 2.26. The van der Waals surface area contributed by atoms with Crippen LogP contribution < -0.4 is 5.32 Å². The van der Waals surface area contributed by atoms with Gasteiger partial charge in [-0.1, -0.05) is 18.2 Å². The van der Waals surface area contributed by atoms with E-state index in [-0.39, 0.29) is 11.9 Å². The molecule has 1 atom stereocenters. The lowest BCUT2D eigenvalue weighted by atomic mass is 10.1. The van der Waals surface area contributed by atoms with Crippen molar-refractivity contribution >= 4 is 11.6 Å². The zero-order valence-electron chi connectivity index (χ0n) is 11.3. The normalized spacial score (nSPS) is 20.4. The van der Waals surface area contributed by atoms with Crippen molar-refractivity contribution in [1.82, 2.24) is 9.80 Å². The molecule has 1 N–H and O–H groups in total. The summed E-state index contributed by atoms with van der Waals surface area (Å²) in [5, 5.41) is 3.00. The van der Waals surface area contributed by atoms with Crippen molar-refractivity contribution in [2.45, 2.75) is 19.5 Å². The molecule has 0 aromatic heterocycles. The predicted molar refractivity (Wildman–Crippen MR) is 73.5 cm³/mol. The van der Waals surface area contributed by atoms with Crippen LogP contribution in [-0.4, -0.2) is 48.9 Å². The van der Waals surface area contributed by atoms with Gasteiger partial charge >= 0.3 is 0 Å². The third-order valence-electron chi connectivity index (χ3n) is 3.41. The second kappa shape index (κ2) is 5.50. The Kier molecular flexibility index (Phi) is 3.99. The Balaban J connectivity index is 2.18. The minimum absolute atomic E-state index is 0.0821. The summed E-state index contributed by atoms with van der Waals surface area (Å²) in [5.41, 5.74) is 2.13. The predicted octanol–water partition coefficient (Wildman–Crippen LogP) is 1.39. The molecule has 0 aliphatic carbocycles. The van der Waals surface area contributed by atoms with Gasteiger partial charge in [-0.2, -0.15) is 0 Å². The maximum atomic E-state index is 12.1. The lowest BCUT2D eigenvalue weighted by molar-refractivity contribution is -0.120. The van der Waals surface area contributed by atoms with E-state index in [1.54, 1.807) is 0 Å². The van der Waals surface area contributed by atoms with Crippen LogP contribution in [0.25, 0.3) is 0 Å². The summed E-state index contributed by atoms with van der Waals surface area (Å²) < 4.78 is 0. The zero-order valence-corrected chi connectivity index (χ0v) is 11.3. The molecule has 98 valence electrons. The van der Waals surface area contributed by atoms with Crippen LogP contribution in [0.3, 0.4) is 0 Å². The largest absolute Gasteiger partial charge is 0.324 e. The van der Waals surface area contributed by atoms with E-state index >= 15 is 0 Å². The van der Waals surface area contributed by atoms with Gasteiger partial charge in [0, 0.05) is 25.3 Å². The van der Waals surface area contributed by atoms with E-state index < -0.39 is 0 Å². The van der Waals surface area contributed by atoms with Gasteiger partial charge in [0.2, 0.25) is 5.91 Å². The minimum atomic E-state index is -0.0858. The highest BCUT2D eigenvalue weighted by Crippen LogP contribution is 2.22. The van der Waals surface area contributed by atoms with E-state index in [1.165, 1.54) is 5.56 Å². The van der Waals surface area contributed by atoms with Gasteiger partial charge in [-0.25, -0.2) is 0 Å². The smallest absolute Gasteiger partial charge is 0.241 e. The number of rotatable bonds is 3. The molecule has 0 spiro atoms. The molecule has 1 aromatic carbocycles. The molecule has 0 saturated heterocycles. The second-order valence-corrected chi connectivity index (χ2v) is 5.10. The first-order valence-corrected chi connectivity index (χ1v) is 6.35. The zero-order chi connectivity index (χ0) is 13.1. The average Bonchev–Trinajstić information content (AvgIpc) is 2.45. The van der Waals surface area contributed by atoms with Crippen molar-refractivity contribution in [3.8, 4) is 0 Å². The van der Waals surface area contributed by atoms with E-state index in [4.69, 9.17) is 0 Å². The molecule has 1 aliphatic rings. The fourth-order valence-corrected chi connectivity index (χ4v) is 2.14. The van der Waals surface area contributed by atoms with E-state index in [1.807, 2.05) is 25.1 Å². The summed E-state index contributed by atoms with van der Waals surface area (Å²) in [7, 11) is 4.10. The second-order valence-electron chi connectivity index (χ2n) is 5.10. The summed E-state index contributed by atoms with van der Waals surface area (Å²) in [4.78, 5) is 16.4. The maximum Gasteiger partial charge on any atom is 0.241 e. The molecule has 1 heterocycles. The van der Waals surface area contributed by atoms with Crippen LogP contribution in [0.2, 0.25) is 0 Å². The van der Waals surface area contributed by atoms with Gasteiger partial charge in [0.05, 0.1) is 6.04 Å². The molecule has 2 rings (SSSR count). The summed E-state index contributed by atoms with van der Waals surface area (Å²) in [5.74, 6) is 0.0821. The van der Waals surface area contributed by atoms with Crippen LogP contribution >= 0.6 is 0 Å². The minimum Gasteiger partial charge on any atom is -0.324 e. The van der Waals surface area contributed by atoms with Crippen molar-refractivity contribution in [3.63, 3.8) is 0 Å². The number of carbonyl (C=O) groups is 1. The number of nitrogens with zero attached hydrogens (tertiary/aromatic N) is 2. The van der Waals surface area contributed by atoms with Crippen LogP contribution in [-0.2, 0) is 11.3 Å². The summed E-state index contributed by atoms with van der Waals surface area (Å²) in [6.45, 7) is 4.65. The lowest BCUT2D eigenvalue weighted by Crippen LogP contribution is -2.42. The molecule has 0 saturated carbocycles. The Morgan fingerprint density at radius 3 is 2.83 bits per heavy atom. The molecule has 1 amide bonds. The first-order chi connectivity index (χ1) is 8.58. The number of nitrogens with one attached hydrogen (secondary N) is 1. The fourth-order valence-electron chi connectivity index (χ4n) is 2.14. The van der Waals surface area contributed by atoms with Crippen molar-refractivity contribution in [1.29, 1.82) is 0 Å². The topological polar surface area (TPSA) is 35.6 Å². The molecular weight excluding hydrogens is 226 g/mol. The van der Waals surface area contributed by atoms with Crippen LogP contribution in [0, 0.1) is 0 Å². The molecular formula is C14H21N3O. The number of hydrogen-bond donors (Lipinski definition) is 1. The van der Waals surface area contributed by atoms with Crippen molar-refractivity contribution < 1.29 is 4.79 Å². The molecule has 18 heavy (non-hydrogen) atoms. The van der Waals surface area contributed by atoms with Gasteiger partial charge < -0.3 is 10.2 Å². The Bertz CT molecular complexity index is 431. The van der Waals surface area contributed by atoms with Crippen LogP contribution in [0.1, 0.15) is 12.5 Å². The van der Waals surface area contributed by atoms with Crippen LogP contribution in [0.5, 0.6) is 0 Å². The van der Waals surface area contributed by atoms with Crippen LogP contribution in [0.4, 0.5) is 5.69 Å². The van der Waals surface area contributed by atoms with Gasteiger partial charge in [-0.15, -0.1) is 0 Å². The molecule has 1 aromatic rings. The number of amides is 1. The summed E-state index contributed by atoms with van der Waals surface area (Å²) in [6, 6.07) is 7.94. The molecule has 0 unspecified atom stereocenters.